The van der Waals surface area contributed by atoms with Gasteiger partial charge in [-0.1, -0.05) is 0 Å². The molecular formula is C8H13NO2. The first-order chi connectivity index (χ1) is 5.25. The highest BCUT2D eigenvalue weighted by Crippen LogP contribution is 2.05. The summed E-state index contributed by atoms with van der Waals surface area (Å²) in [6, 6.07) is 1.72. The van der Waals surface area contributed by atoms with E-state index in [0.717, 1.165) is 5.69 Å². The van der Waals surface area contributed by atoms with Gasteiger partial charge in [0.1, 0.15) is 0 Å². The van der Waals surface area contributed by atoms with E-state index in [9.17, 15) is 4.79 Å². The molecule has 0 unspecified atom stereocenters. The second-order valence-electron chi connectivity index (χ2n) is 2.24. The van der Waals surface area contributed by atoms with Crippen molar-refractivity contribution in [3.8, 4) is 0 Å². The average Bonchev–Trinajstić information content (AvgIpc) is 2.36. The van der Waals surface area contributed by atoms with Crippen LogP contribution in [0, 0.1) is 6.92 Å². The Hall–Kier alpha value is -1.25. The number of H-pyrrole nitrogens is 1. The van der Waals surface area contributed by atoms with Gasteiger partial charge < -0.3 is 9.72 Å². The Morgan fingerprint density at radius 3 is 3.00 bits per heavy atom. The molecule has 1 N–H and O–H groups in total. The molecule has 0 bridgehead atoms. The first-order valence-electron chi connectivity index (χ1n) is 3.56. The van der Waals surface area contributed by atoms with E-state index in [-0.39, 0.29) is 7.40 Å². The zero-order valence-electron chi connectivity index (χ0n) is 6.68. The lowest BCUT2D eigenvalue weighted by Gasteiger charge is -1.98. The molecule has 3 nitrogen and oxygen atoms in total. The molecule has 0 radical (unpaired) electrons. The van der Waals surface area contributed by atoms with Gasteiger partial charge in [-0.25, -0.2) is 4.79 Å². The number of aromatic nitrogens is 1. The lowest BCUT2D eigenvalue weighted by atomic mass is 10.3. The van der Waals surface area contributed by atoms with Gasteiger partial charge in [0.05, 0.1) is 12.2 Å². The van der Waals surface area contributed by atoms with Crippen molar-refractivity contribution in [2.24, 2.45) is 0 Å². The molecule has 1 aromatic heterocycles. The largest absolute Gasteiger partial charge is 0.462 e. The van der Waals surface area contributed by atoms with Crippen LogP contribution in [-0.4, -0.2) is 17.6 Å². The molecule has 0 aliphatic carbocycles. The van der Waals surface area contributed by atoms with Crippen LogP contribution < -0.4 is 0 Å². The van der Waals surface area contributed by atoms with Gasteiger partial charge in [0, 0.05) is 13.3 Å². The molecule has 62 valence electrons. The normalized spacial score (nSPS) is 9.64. The van der Waals surface area contributed by atoms with Crippen LogP contribution in [0.15, 0.2) is 12.3 Å². The Bertz CT molecular complexity index is 257. The van der Waals surface area contributed by atoms with E-state index >= 15 is 0 Å². The molecule has 0 saturated carbocycles. The van der Waals surface area contributed by atoms with Crippen LogP contribution in [0.4, 0.5) is 0 Å². The fourth-order valence-electron chi connectivity index (χ4n) is 0.883. The fraction of sp³-hybridized carbons (Fsp3) is 0.375. The summed E-state index contributed by atoms with van der Waals surface area (Å²) in [4.78, 5) is 14.0. The number of rotatable bonds is 2. The van der Waals surface area contributed by atoms with Crippen LogP contribution >= 0.6 is 0 Å². The van der Waals surface area contributed by atoms with E-state index in [1.165, 1.54) is 0 Å². The topological polar surface area (TPSA) is 42.1 Å². The summed E-state index contributed by atoms with van der Waals surface area (Å²) in [6.07, 6.45) is 1.72. The van der Waals surface area contributed by atoms with Crippen LogP contribution in [0.1, 0.15) is 24.4 Å². The summed E-state index contributed by atoms with van der Waals surface area (Å²) in [7, 11) is 0. The molecule has 1 heterocycles. The van der Waals surface area contributed by atoms with Crippen LogP contribution in [0.25, 0.3) is 0 Å². The summed E-state index contributed by atoms with van der Waals surface area (Å²) < 4.78 is 4.81. The molecule has 0 fully saturated rings. The molecule has 0 spiro atoms. The van der Waals surface area contributed by atoms with E-state index < -0.39 is 0 Å². The Balaban J connectivity index is 0.00000121. The molecule has 3 heteroatoms. The molecule has 11 heavy (non-hydrogen) atoms. The number of carbonyl (C=O) groups is 1. The van der Waals surface area contributed by atoms with E-state index in [4.69, 9.17) is 4.74 Å². The smallest absolute Gasteiger partial charge is 0.339 e. The van der Waals surface area contributed by atoms with Crippen LogP contribution in [0.3, 0.4) is 0 Å². The van der Waals surface area contributed by atoms with Gasteiger partial charge >= 0.3 is 5.97 Å². The quantitative estimate of drug-likeness (QED) is 0.661. The summed E-state index contributed by atoms with van der Waals surface area (Å²) in [5.41, 5.74) is 1.47. The molecule has 0 amide bonds. The van der Waals surface area contributed by atoms with Crippen molar-refractivity contribution in [2.75, 3.05) is 6.61 Å². The molecule has 0 aromatic carbocycles. The maximum Gasteiger partial charge on any atom is 0.339 e. The second kappa shape index (κ2) is 3.23. The highest BCUT2D eigenvalue weighted by Gasteiger charge is 2.08. The van der Waals surface area contributed by atoms with Crippen LogP contribution in [-0.2, 0) is 4.74 Å². The van der Waals surface area contributed by atoms with E-state index in [0.29, 0.717) is 12.2 Å². The van der Waals surface area contributed by atoms with Gasteiger partial charge in [0.15, 0.2) is 0 Å². The first kappa shape index (κ1) is 7.85. The van der Waals surface area contributed by atoms with E-state index in [1.807, 2.05) is 6.92 Å². The van der Waals surface area contributed by atoms with Crippen molar-refractivity contribution in [3.63, 3.8) is 0 Å². The number of ether oxygens (including phenoxy) is 1. The first-order valence-corrected chi connectivity index (χ1v) is 3.56. The lowest BCUT2D eigenvalue weighted by Crippen LogP contribution is -2.04. The number of nitrogens with one attached hydrogen (secondary N) is 1. The third kappa shape index (κ3) is 1.61. The third-order valence-electron chi connectivity index (χ3n) is 1.45. The predicted molar refractivity (Wildman–Crippen MR) is 43.6 cm³/mol. The molecule has 0 atom stereocenters. The molecule has 0 aliphatic rings. The molecule has 0 aliphatic heterocycles. The fourth-order valence-corrected chi connectivity index (χ4v) is 0.883. The average molecular weight is 155 g/mol. The number of hydrogen-bond donors (Lipinski definition) is 1. The van der Waals surface area contributed by atoms with Crippen molar-refractivity contribution < 1.29 is 11.0 Å². The highest BCUT2D eigenvalue weighted by molar-refractivity contribution is 5.90. The monoisotopic (exact) mass is 155 g/mol. The van der Waals surface area contributed by atoms with Gasteiger partial charge in [-0.15, -0.1) is 0 Å². The van der Waals surface area contributed by atoms with Gasteiger partial charge in [0.25, 0.3) is 0 Å². The number of aromatic amines is 1. The molecule has 1 aromatic rings. The van der Waals surface area contributed by atoms with E-state index in [1.54, 1.807) is 19.2 Å². The maximum absolute atomic E-state index is 11.1. The Kier molecular flexibility index (Phi) is 2.31. The lowest BCUT2D eigenvalue weighted by molar-refractivity contribution is 0.0526. The molecule has 1 rings (SSSR count). The second-order valence-corrected chi connectivity index (χ2v) is 2.24. The van der Waals surface area contributed by atoms with Gasteiger partial charge in [-0.3, -0.25) is 0 Å². The number of esters is 1. The van der Waals surface area contributed by atoms with Crippen molar-refractivity contribution >= 4 is 5.97 Å². The van der Waals surface area contributed by atoms with Crippen molar-refractivity contribution in [2.45, 2.75) is 13.8 Å². The minimum absolute atomic E-state index is 0. The van der Waals surface area contributed by atoms with E-state index in [2.05, 4.69) is 4.98 Å². The molecule has 0 saturated heterocycles. The van der Waals surface area contributed by atoms with Gasteiger partial charge in [0.2, 0.25) is 0 Å². The minimum Gasteiger partial charge on any atom is -0.462 e. The van der Waals surface area contributed by atoms with Crippen LogP contribution in [0.2, 0.25) is 0 Å². The minimum atomic E-state index is -0.258. The Morgan fingerprint density at radius 2 is 2.55 bits per heavy atom. The van der Waals surface area contributed by atoms with Crippen molar-refractivity contribution in [3.05, 3.63) is 23.5 Å². The summed E-state index contributed by atoms with van der Waals surface area (Å²) in [6.45, 7) is 4.05. The third-order valence-corrected chi connectivity index (χ3v) is 1.45. The standard InChI is InChI=1S/C8H11NO2.H2/c1-3-11-8(10)7-4-5-9-6(7)2;/h4-5,9H,3H2,1-2H3;1H. The SMILES string of the molecule is CCOC(=O)c1cc[nH]c1C.[HH]. The van der Waals surface area contributed by atoms with Gasteiger partial charge in [-0.2, -0.15) is 0 Å². The van der Waals surface area contributed by atoms with Crippen molar-refractivity contribution in [1.82, 2.24) is 4.98 Å². The predicted octanol–water partition coefficient (Wildman–Crippen LogP) is 1.75. The van der Waals surface area contributed by atoms with Crippen LogP contribution in [0.5, 0.6) is 0 Å². The number of hydrogen-bond acceptors (Lipinski definition) is 2. The molecular weight excluding hydrogens is 142 g/mol. The van der Waals surface area contributed by atoms with Gasteiger partial charge in [-0.05, 0) is 19.9 Å². The maximum atomic E-state index is 11.1. The zero-order valence-corrected chi connectivity index (χ0v) is 6.68. The summed E-state index contributed by atoms with van der Waals surface area (Å²) in [5.74, 6) is -0.258. The van der Waals surface area contributed by atoms with Crippen molar-refractivity contribution in [1.29, 1.82) is 0 Å². The summed E-state index contributed by atoms with van der Waals surface area (Å²) >= 11 is 0. The Morgan fingerprint density at radius 1 is 1.82 bits per heavy atom. The Labute approximate surface area is 66.9 Å². The summed E-state index contributed by atoms with van der Waals surface area (Å²) in [5, 5.41) is 0. The zero-order chi connectivity index (χ0) is 8.27. The number of carbonyl (C=O) groups excluding carboxylic acids is 1. The number of aryl methyl sites for hydroxylation is 1. The highest BCUT2D eigenvalue weighted by atomic mass is 16.5.